The third-order valence-corrected chi connectivity index (χ3v) is 2.26. The van der Waals surface area contributed by atoms with Gasteiger partial charge in [0.1, 0.15) is 16.0 Å². The van der Waals surface area contributed by atoms with Crippen LogP contribution in [0.2, 0.25) is 0 Å². The van der Waals surface area contributed by atoms with Crippen LogP contribution in [0.25, 0.3) is 11.4 Å². The van der Waals surface area contributed by atoms with E-state index in [0.29, 0.717) is 21.8 Å². The highest BCUT2D eigenvalue weighted by molar-refractivity contribution is 9.10. The number of nitrogen functional groups attached to an aromatic ring is 1. The van der Waals surface area contributed by atoms with Gasteiger partial charge in [0.25, 0.3) is 0 Å². The number of anilines is 1. The molecule has 0 amide bonds. The number of aryl methyl sites for hydroxylation is 2. The zero-order valence-corrected chi connectivity index (χ0v) is 9.85. The van der Waals surface area contributed by atoms with Crippen molar-refractivity contribution < 1.29 is 0 Å². The second-order valence-electron chi connectivity index (χ2n) is 3.05. The molecule has 78 valence electrons. The van der Waals surface area contributed by atoms with Gasteiger partial charge in [0, 0.05) is 7.05 Å². The van der Waals surface area contributed by atoms with Gasteiger partial charge in [-0.2, -0.15) is 15.0 Å². The van der Waals surface area contributed by atoms with Crippen LogP contribution in [-0.2, 0) is 7.05 Å². The van der Waals surface area contributed by atoms with Gasteiger partial charge < -0.3 is 5.73 Å². The summed E-state index contributed by atoms with van der Waals surface area (Å²) in [5, 5.41) is 8.31. The molecule has 0 spiro atoms. The van der Waals surface area contributed by atoms with Crippen LogP contribution < -0.4 is 5.73 Å². The Balaban J connectivity index is 2.62. The Morgan fingerprint density at radius 2 is 2.07 bits per heavy atom. The van der Waals surface area contributed by atoms with Crippen molar-refractivity contribution >= 4 is 21.7 Å². The molecular formula is C8H9BrN6. The van der Waals surface area contributed by atoms with Crippen LogP contribution in [0.5, 0.6) is 0 Å². The number of nitrogens with two attached hydrogens (primary N) is 1. The summed E-state index contributed by atoms with van der Waals surface area (Å²) in [6.45, 7) is 1.85. The molecule has 0 aliphatic carbocycles. The average Bonchev–Trinajstić information content (AvgIpc) is 2.50. The lowest BCUT2D eigenvalue weighted by molar-refractivity contribution is 0.650. The Hall–Kier alpha value is -1.50. The zero-order valence-electron chi connectivity index (χ0n) is 8.27. The standard InChI is InChI=1S/C8H9BrN6/c1-4-6(14-15(2)13-4)7-8(10)11-3-5(9)12-7/h3H,1-2H3,(H2,10,11). The molecule has 0 aliphatic heterocycles. The maximum atomic E-state index is 5.73. The summed E-state index contributed by atoms with van der Waals surface area (Å²) in [4.78, 5) is 9.71. The Kier molecular flexibility index (Phi) is 2.39. The first-order valence-electron chi connectivity index (χ1n) is 4.24. The minimum absolute atomic E-state index is 0.349. The fraction of sp³-hybridized carbons (Fsp3) is 0.250. The lowest BCUT2D eigenvalue weighted by atomic mass is 10.2. The van der Waals surface area contributed by atoms with Crippen molar-refractivity contribution in [2.45, 2.75) is 6.92 Å². The third-order valence-electron chi connectivity index (χ3n) is 1.88. The second kappa shape index (κ2) is 3.58. The van der Waals surface area contributed by atoms with Crippen LogP contribution >= 0.6 is 15.9 Å². The quantitative estimate of drug-likeness (QED) is 0.832. The molecule has 6 nitrogen and oxygen atoms in total. The number of aromatic nitrogens is 5. The van der Waals surface area contributed by atoms with E-state index >= 15 is 0 Å². The van der Waals surface area contributed by atoms with Crippen LogP contribution in [0, 0.1) is 6.92 Å². The van der Waals surface area contributed by atoms with Gasteiger partial charge in [-0.15, -0.1) is 0 Å². The van der Waals surface area contributed by atoms with Crippen molar-refractivity contribution in [3.8, 4) is 11.4 Å². The van der Waals surface area contributed by atoms with E-state index in [1.807, 2.05) is 6.92 Å². The minimum atomic E-state index is 0.349. The van der Waals surface area contributed by atoms with Gasteiger partial charge in [0.2, 0.25) is 0 Å². The van der Waals surface area contributed by atoms with E-state index in [1.165, 1.54) is 4.80 Å². The number of hydrogen-bond donors (Lipinski definition) is 1. The van der Waals surface area contributed by atoms with Crippen LogP contribution in [0.3, 0.4) is 0 Å². The second-order valence-corrected chi connectivity index (χ2v) is 3.86. The summed E-state index contributed by atoms with van der Waals surface area (Å²) in [6.07, 6.45) is 1.55. The van der Waals surface area contributed by atoms with Gasteiger partial charge in [-0.1, -0.05) is 0 Å². The molecule has 15 heavy (non-hydrogen) atoms. The summed E-state index contributed by atoms with van der Waals surface area (Å²) >= 11 is 3.24. The molecule has 0 saturated heterocycles. The first-order chi connectivity index (χ1) is 7.08. The molecule has 2 aromatic heterocycles. The number of nitrogens with zero attached hydrogens (tertiary/aromatic N) is 5. The highest BCUT2D eigenvalue weighted by atomic mass is 79.9. The van der Waals surface area contributed by atoms with E-state index in [9.17, 15) is 0 Å². The zero-order chi connectivity index (χ0) is 11.0. The van der Waals surface area contributed by atoms with E-state index in [-0.39, 0.29) is 0 Å². The number of rotatable bonds is 1. The topological polar surface area (TPSA) is 82.5 Å². The van der Waals surface area contributed by atoms with Crippen molar-refractivity contribution in [2.75, 3.05) is 5.73 Å². The average molecular weight is 269 g/mol. The first kappa shape index (κ1) is 10.0. The van der Waals surface area contributed by atoms with E-state index in [4.69, 9.17) is 5.73 Å². The Labute approximate surface area is 94.7 Å². The Morgan fingerprint density at radius 1 is 1.33 bits per heavy atom. The molecule has 2 rings (SSSR count). The SMILES string of the molecule is Cc1nn(C)nc1-c1nc(Br)cnc1N. The van der Waals surface area contributed by atoms with E-state index < -0.39 is 0 Å². The highest BCUT2D eigenvalue weighted by Gasteiger charge is 2.14. The molecule has 2 aromatic rings. The smallest absolute Gasteiger partial charge is 0.151 e. The van der Waals surface area contributed by atoms with Crippen molar-refractivity contribution in [3.05, 3.63) is 16.5 Å². The molecule has 0 saturated carbocycles. The van der Waals surface area contributed by atoms with Gasteiger partial charge in [0.15, 0.2) is 5.82 Å². The summed E-state index contributed by atoms with van der Waals surface area (Å²) in [5.74, 6) is 0.349. The van der Waals surface area contributed by atoms with Crippen molar-refractivity contribution in [2.24, 2.45) is 7.05 Å². The number of halogens is 1. The van der Waals surface area contributed by atoms with Crippen LogP contribution in [-0.4, -0.2) is 25.0 Å². The van der Waals surface area contributed by atoms with Gasteiger partial charge >= 0.3 is 0 Å². The molecule has 0 fully saturated rings. The van der Waals surface area contributed by atoms with Crippen molar-refractivity contribution in [1.82, 2.24) is 25.0 Å². The summed E-state index contributed by atoms with van der Waals surface area (Å²) in [6, 6.07) is 0. The van der Waals surface area contributed by atoms with Crippen molar-refractivity contribution in [1.29, 1.82) is 0 Å². The molecule has 0 unspecified atom stereocenters. The van der Waals surface area contributed by atoms with E-state index in [0.717, 1.165) is 5.69 Å². The van der Waals surface area contributed by atoms with Gasteiger partial charge in [-0.25, -0.2) is 9.97 Å². The summed E-state index contributed by atoms with van der Waals surface area (Å²) < 4.78 is 0.622. The predicted octanol–water partition coefficient (Wildman–Crippen LogP) is 0.925. The molecular weight excluding hydrogens is 260 g/mol. The molecule has 0 bridgehead atoms. The molecule has 0 aromatic carbocycles. The lowest BCUT2D eigenvalue weighted by Crippen LogP contribution is -1.99. The van der Waals surface area contributed by atoms with Gasteiger partial charge in [-0.3, -0.25) is 0 Å². The van der Waals surface area contributed by atoms with E-state index in [1.54, 1.807) is 13.2 Å². The fourth-order valence-electron chi connectivity index (χ4n) is 1.27. The van der Waals surface area contributed by atoms with E-state index in [2.05, 4.69) is 36.1 Å². The van der Waals surface area contributed by atoms with Gasteiger partial charge in [-0.05, 0) is 22.9 Å². The normalized spacial score (nSPS) is 10.6. The van der Waals surface area contributed by atoms with Crippen LogP contribution in [0.1, 0.15) is 5.69 Å². The van der Waals surface area contributed by atoms with Gasteiger partial charge in [0.05, 0.1) is 11.9 Å². The molecule has 0 atom stereocenters. The first-order valence-corrected chi connectivity index (χ1v) is 5.03. The highest BCUT2D eigenvalue weighted by Crippen LogP contribution is 2.23. The molecule has 2 heterocycles. The Bertz CT molecular complexity index is 506. The lowest BCUT2D eigenvalue weighted by Gasteiger charge is -2.00. The molecule has 0 radical (unpaired) electrons. The predicted molar refractivity (Wildman–Crippen MR) is 58.9 cm³/mol. The fourth-order valence-corrected chi connectivity index (χ4v) is 1.55. The molecule has 2 N–H and O–H groups in total. The van der Waals surface area contributed by atoms with Crippen LogP contribution in [0.4, 0.5) is 5.82 Å². The number of hydrogen-bond acceptors (Lipinski definition) is 5. The van der Waals surface area contributed by atoms with Crippen LogP contribution in [0.15, 0.2) is 10.8 Å². The monoisotopic (exact) mass is 268 g/mol. The molecule has 7 heteroatoms. The maximum absolute atomic E-state index is 5.73. The van der Waals surface area contributed by atoms with Crippen molar-refractivity contribution in [3.63, 3.8) is 0 Å². The summed E-state index contributed by atoms with van der Waals surface area (Å²) in [7, 11) is 1.75. The molecule has 0 aliphatic rings. The Morgan fingerprint density at radius 3 is 2.67 bits per heavy atom. The summed E-state index contributed by atoms with van der Waals surface area (Å²) in [5.41, 5.74) is 7.71. The third kappa shape index (κ3) is 1.82. The minimum Gasteiger partial charge on any atom is -0.382 e. The largest absolute Gasteiger partial charge is 0.382 e. The maximum Gasteiger partial charge on any atom is 0.151 e.